The van der Waals surface area contributed by atoms with Gasteiger partial charge in [-0.1, -0.05) is 28.1 Å². The summed E-state index contributed by atoms with van der Waals surface area (Å²) in [7, 11) is 0. The third-order valence-electron chi connectivity index (χ3n) is 2.58. The Morgan fingerprint density at radius 1 is 1.33 bits per heavy atom. The van der Waals surface area contributed by atoms with Gasteiger partial charge in [-0.05, 0) is 31.5 Å². The lowest BCUT2D eigenvalue weighted by molar-refractivity contribution is 0.0127. The molecule has 2 nitrogen and oxygen atoms in total. The molecule has 0 spiro atoms. The van der Waals surface area contributed by atoms with Crippen molar-refractivity contribution in [3.05, 3.63) is 34.3 Å². The van der Waals surface area contributed by atoms with Crippen molar-refractivity contribution < 1.29 is 4.74 Å². The van der Waals surface area contributed by atoms with E-state index in [1.807, 2.05) is 0 Å². The summed E-state index contributed by atoms with van der Waals surface area (Å²) in [5, 5.41) is 3.59. The Kier molecular flexibility index (Phi) is 3.14. The van der Waals surface area contributed by atoms with Gasteiger partial charge in [0.2, 0.25) is 0 Å². The molecule has 0 bridgehead atoms. The average Bonchev–Trinajstić information content (AvgIpc) is 2.17. The third-order valence-corrected chi connectivity index (χ3v) is 3.11. The molecular weight excluding hydrogens is 254 g/mol. The normalized spacial score (nSPS) is 25.1. The first-order chi connectivity index (χ1) is 7.07. The molecular formula is C12H16BrNO. The second-order valence-corrected chi connectivity index (χ2v) is 5.56. The highest BCUT2D eigenvalue weighted by Gasteiger charge is 2.28. The highest BCUT2D eigenvalue weighted by Crippen LogP contribution is 2.23. The molecule has 1 aromatic carbocycles. The molecule has 3 heteroatoms. The SMILES string of the molecule is CC1(C)COCC(c2ccc(Br)cc2)N1. The number of nitrogens with one attached hydrogen (secondary N) is 1. The van der Waals surface area contributed by atoms with E-state index in [1.54, 1.807) is 0 Å². The number of morpholine rings is 1. The number of hydrogen-bond acceptors (Lipinski definition) is 2. The highest BCUT2D eigenvalue weighted by atomic mass is 79.9. The van der Waals surface area contributed by atoms with Crippen molar-refractivity contribution in [3.8, 4) is 0 Å². The van der Waals surface area contributed by atoms with E-state index in [2.05, 4.69) is 59.4 Å². The predicted molar refractivity (Wildman–Crippen MR) is 64.9 cm³/mol. The molecule has 1 atom stereocenters. The molecule has 1 aliphatic heterocycles. The van der Waals surface area contributed by atoms with Crippen molar-refractivity contribution in [2.75, 3.05) is 13.2 Å². The van der Waals surface area contributed by atoms with Crippen LogP contribution in [0.1, 0.15) is 25.5 Å². The summed E-state index contributed by atoms with van der Waals surface area (Å²) < 4.78 is 6.72. The van der Waals surface area contributed by atoms with Crippen LogP contribution in [0.5, 0.6) is 0 Å². The van der Waals surface area contributed by atoms with Gasteiger partial charge >= 0.3 is 0 Å². The van der Waals surface area contributed by atoms with E-state index < -0.39 is 0 Å². The zero-order valence-corrected chi connectivity index (χ0v) is 10.7. The lowest BCUT2D eigenvalue weighted by atomic mass is 9.99. The van der Waals surface area contributed by atoms with Crippen molar-refractivity contribution >= 4 is 15.9 Å². The third kappa shape index (κ3) is 2.80. The van der Waals surface area contributed by atoms with E-state index in [1.165, 1.54) is 5.56 Å². The summed E-state index contributed by atoms with van der Waals surface area (Å²) in [6, 6.07) is 8.71. The van der Waals surface area contributed by atoms with Gasteiger partial charge in [0.1, 0.15) is 0 Å². The van der Waals surface area contributed by atoms with Gasteiger partial charge in [-0.3, -0.25) is 0 Å². The smallest absolute Gasteiger partial charge is 0.0662 e. The van der Waals surface area contributed by atoms with Crippen molar-refractivity contribution in [1.82, 2.24) is 5.32 Å². The van der Waals surface area contributed by atoms with E-state index >= 15 is 0 Å². The van der Waals surface area contributed by atoms with Crippen LogP contribution in [0, 0.1) is 0 Å². The van der Waals surface area contributed by atoms with E-state index in [0.29, 0.717) is 6.04 Å². The average molecular weight is 270 g/mol. The van der Waals surface area contributed by atoms with Gasteiger partial charge in [0.15, 0.2) is 0 Å². The maximum Gasteiger partial charge on any atom is 0.0662 e. The van der Waals surface area contributed by atoms with E-state index in [4.69, 9.17) is 4.74 Å². The van der Waals surface area contributed by atoms with Crippen LogP contribution in [0.4, 0.5) is 0 Å². The van der Waals surface area contributed by atoms with Crippen LogP contribution in [0.15, 0.2) is 28.7 Å². The fraction of sp³-hybridized carbons (Fsp3) is 0.500. The van der Waals surface area contributed by atoms with Gasteiger partial charge in [0.25, 0.3) is 0 Å². The Balaban J connectivity index is 2.13. The minimum absolute atomic E-state index is 0.0655. The highest BCUT2D eigenvalue weighted by molar-refractivity contribution is 9.10. The maximum absolute atomic E-state index is 5.61. The van der Waals surface area contributed by atoms with Gasteiger partial charge in [-0.25, -0.2) is 0 Å². The van der Waals surface area contributed by atoms with Crippen LogP contribution in [0.3, 0.4) is 0 Å². The van der Waals surface area contributed by atoms with Gasteiger partial charge in [0, 0.05) is 10.0 Å². The van der Waals surface area contributed by atoms with Crippen LogP contribution >= 0.6 is 15.9 Å². The summed E-state index contributed by atoms with van der Waals surface area (Å²) >= 11 is 3.44. The molecule has 1 N–H and O–H groups in total. The predicted octanol–water partition coefficient (Wildman–Crippen LogP) is 2.89. The molecule has 0 radical (unpaired) electrons. The Hall–Kier alpha value is -0.380. The number of rotatable bonds is 1. The number of benzene rings is 1. The topological polar surface area (TPSA) is 21.3 Å². The van der Waals surface area contributed by atoms with E-state index in [9.17, 15) is 0 Å². The number of ether oxygens (including phenoxy) is 1. The van der Waals surface area contributed by atoms with Gasteiger partial charge in [-0.2, -0.15) is 0 Å². The molecule has 1 aliphatic rings. The summed E-state index contributed by atoms with van der Waals surface area (Å²) in [6.45, 7) is 5.86. The first-order valence-electron chi connectivity index (χ1n) is 5.18. The molecule has 1 aromatic rings. The molecule has 1 saturated heterocycles. The number of hydrogen-bond donors (Lipinski definition) is 1. The van der Waals surface area contributed by atoms with Crippen molar-refractivity contribution in [3.63, 3.8) is 0 Å². The van der Waals surface area contributed by atoms with Crippen LogP contribution in [0.25, 0.3) is 0 Å². The van der Waals surface area contributed by atoms with Gasteiger partial charge in [0.05, 0.1) is 19.3 Å². The Morgan fingerprint density at radius 3 is 2.60 bits per heavy atom. The van der Waals surface area contributed by atoms with Crippen LogP contribution in [0.2, 0.25) is 0 Å². The molecule has 82 valence electrons. The minimum atomic E-state index is 0.0655. The summed E-state index contributed by atoms with van der Waals surface area (Å²) in [5.41, 5.74) is 1.35. The second kappa shape index (κ2) is 4.24. The van der Waals surface area contributed by atoms with E-state index in [-0.39, 0.29) is 5.54 Å². The van der Waals surface area contributed by atoms with Crippen LogP contribution in [-0.4, -0.2) is 18.8 Å². The Labute approximate surface area is 99.1 Å². The first kappa shape index (κ1) is 11.1. The Morgan fingerprint density at radius 2 is 2.00 bits per heavy atom. The largest absolute Gasteiger partial charge is 0.378 e. The maximum atomic E-state index is 5.61. The van der Waals surface area contributed by atoms with Crippen LogP contribution in [-0.2, 0) is 4.74 Å². The van der Waals surface area contributed by atoms with Crippen molar-refractivity contribution in [1.29, 1.82) is 0 Å². The molecule has 15 heavy (non-hydrogen) atoms. The van der Waals surface area contributed by atoms with Crippen molar-refractivity contribution in [2.45, 2.75) is 25.4 Å². The quantitative estimate of drug-likeness (QED) is 0.847. The summed E-state index contributed by atoms with van der Waals surface area (Å²) in [5.74, 6) is 0. The zero-order valence-electron chi connectivity index (χ0n) is 9.09. The van der Waals surface area contributed by atoms with Crippen LogP contribution < -0.4 is 5.32 Å². The van der Waals surface area contributed by atoms with Gasteiger partial charge in [-0.15, -0.1) is 0 Å². The van der Waals surface area contributed by atoms with Crippen molar-refractivity contribution in [2.24, 2.45) is 0 Å². The van der Waals surface area contributed by atoms with E-state index in [0.717, 1.165) is 17.7 Å². The monoisotopic (exact) mass is 269 g/mol. The lowest BCUT2D eigenvalue weighted by Gasteiger charge is -2.37. The first-order valence-corrected chi connectivity index (χ1v) is 5.97. The number of halogens is 1. The standard InChI is InChI=1S/C12H16BrNO/c1-12(2)8-15-7-11(14-12)9-3-5-10(13)6-4-9/h3-6,11,14H,7-8H2,1-2H3. The molecule has 0 saturated carbocycles. The molecule has 0 aromatic heterocycles. The zero-order chi connectivity index (χ0) is 10.9. The Bertz CT molecular complexity index is 334. The fourth-order valence-electron chi connectivity index (χ4n) is 1.86. The molecule has 1 fully saturated rings. The van der Waals surface area contributed by atoms with Gasteiger partial charge < -0.3 is 10.1 Å². The molecule has 0 amide bonds. The molecule has 0 aliphatic carbocycles. The molecule has 1 unspecified atom stereocenters. The lowest BCUT2D eigenvalue weighted by Crippen LogP contribution is -2.51. The minimum Gasteiger partial charge on any atom is -0.378 e. The second-order valence-electron chi connectivity index (χ2n) is 4.65. The summed E-state index contributed by atoms with van der Waals surface area (Å²) in [4.78, 5) is 0. The summed E-state index contributed by atoms with van der Waals surface area (Å²) in [6.07, 6.45) is 0. The fourth-order valence-corrected chi connectivity index (χ4v) is 2.13. The molecule has 1 heterocycles. The molecule has 2 rings (SSSR count).